The molecule has 20 heavy (non-hydrogen) atoms. The Balaban J connectivity index is 0.00000180. The third-order valence-electron chi connectivity index (χ3n) is 3.48. The maximum Gasteiger partial charge on any atom is 0.240 e. The summed E-state index contributed by atoms with van der Waals surface area (Å²) >= 11 is 1.64. The summed E-state index contributed by atoms with van der Waals surface area (Å²) < 4.78 is 0. The summed E-state index contributed by atoms with van der Waals surface area (Å²) in [5.41, 5.74) is -0.418. The minimum atomic E-state index is -0.418. The molecular weight excluding hydrogens is 317 g/mol. The van der Waals surface area contributed by atoms with Crippen LogP contribution in [-0.4, -0.2) is 23.0 Å². The number of rotatable bonds is 3. The molecule has 1 fully saturated rings. The van der Waals surface area contributed by atoms with Crippen LogP contribution in [0.1, 0.15) is 49.0 Å². The fourth-order valence-electron chi connectivity index (χ4n) is 2.24. The van der Waals surface area contributed by atoms with Gasteiger partial charge in [-0.3, -0.25) is 4.79 Å². The summed E-state index contributed by atoms with van der Waals surface area (Å²) in [4.78, 5) is 17.8. The van der Waals surface area contributed by atoms with Crippen molar-refractivity contribution < 1.29 is 4.79 Å². The number of hydrogen-bond donors (Lipinski definition) is 2. The third-order valence-corrected chi connectivity index (χ3v) is 4.57. The van der Waals surface area contributed by atoms with E-state index in [9.17, 15) is 4.79 Å². The predicted octanol–water partition coefficient (Wildman–Crippen LogP) is 3.00. The molecule has 2 atom stereocenters. The fourth-order valence-corrected chi connectivity index (χ4v) is 3.02. The van der Waals surface area contributed by atoms with Crippen LogP contribution in [0.4, 0.5) is 0 Å². The van der Waals surface area contributed by atoms with Gasteiger partial charge < -0.3 is 10.6 Å². The molecule has 1 aliphatic heterocycles. The summed E-state index contributed by atoms with van der Waals surface area (Å²) in [5, 5.41) is 7.37. The Labute approximate surface area is 137 Å². The highest BCUT2D eigenvalue weighted by molar-refractivity contribution is 7.11. The van der Waals surface area contributed by atoms with Crippen molar-refractivity contribution in [3.8, 4) is 0 Å². The highest BCUT2D eigenvalue weighted by Gasteiger charge is 2.35. The van der Waals surface area contributed by atoms with E-state index in [2.05, 4.69) is 15.6 Å². The molecule has 2 unspecified atom stereocenters. The van der Waals surface area contributed by atoms with Gasteiger partial charge in [0.15, 0.2) is 0 Å². The smallest absolute Gasteiger partial charge is 0.240 e. The summed E-state index contributed by atoms with van der Waals surface area (Å²) in [5.74, 6) is 0.0857. The van der Waals surface area contributed by atoms with Gasteiger partial charge in [-0.25, -0.2) is 4.98 Å². The number of amides is 1. The third kappa shape index (κ3) is 4.58. The average Bonchev–Trinajstić information content (AvgIpc) is 2.77. The summed E-state index contributed by atoms with van der Waals surface area (Å²) in [6.07, 6.45) is 5.03. The van der Waals surface area contributed by atoms with Crippen molar-refractivity contribution in [2.24, 2.45) is 0 Å². The minimum Gasteiger partial charge on any atom is -0.346 e. The van der Waals surface area contributed by atoms with Crippen LogP contribution < -0.4 is 10.6 Å². The Kier molecular flexibility index (Phi) is 8.03. The molecule has 1 amide bonds. The van der Waals surface area contributed by atoms with Gasteiger partial charge in [-0.05, 0) is 46.6 Å². The molecule has 1 saturated heterocycles. The standard InChI is InChI=1S/C13H21N3OS.2ClH/c1-9-8-14-11(18-9)10(2)16-12(17)13(3)6-4-5-7-15-13;;/h8,10,15H,4-7H2,1-3H3,(H,16,17);2*1H. The van der Waals surface area contributed by atoms with Crippen molar-refractivity contribution in [2.45, 2.75) is 51.6 Å². The molecule has 2 rings (SSSR count). The Morgan fingerprint density at radius 3 is 2.70 bits per heavy atom. The van der Waals surface area contributed by atoms with Crippen LogP contribution in [0.5, 0.6) is 0 Å². The van der Waals surface area contributed by atoms with Gasteiger partial charge in [-0.1, -0.05) is 0 Å². The maximum atomic E-state index is 12.3. The lowest BCUT2D eigenvalue weighted by atomic mass is 9.90. The molecule has 2 N–H and O–H groups in total. The molecule has 1 aromatic rings. The van der Waals surface area contributed by atoms with E-state index in [0.29, 0.717) is 0 Å². The van der Waals surface area contributed by atoms with Gasteiger partial charge in [0.05, 0.1) is 11.6 Å². The fraction of sp³-hybridized carbons (Fsp3) is 0.692. The number of nitrogens with one attached hydrogen (secondary N) is 2. The summed E-state index contributed by atoms with van der Waals surface area (Å²) in [6, 6.07) is -0.0169. The molecule has 7 heteroatoms. The second-order valence-electron chi connectivity index (χ2n) is 5.22. The van der Waals surface area contributed by atoms with Gasteiger partial charge in [-0.15, -0.1) is 36.2 Å². The number of aromatic nitrogens is 1. The Hall–Kier alpha value is -0.360. The van der Waals surface area contributed by atoms with Crippen molar-refractivity contribution in [3.05, 3.63) is 16.1 Å². The second kappa shape index (κ2) is 8.17. The molecule has 4 nitrogen and oxygen atoms in total. The first-order valence-corrected chi connectivity index (χ1v) is 7.31. The van der Waals surface area contributed by atoms with Crippen LogP contribution in [0.25, 0.3) is 0 Å². The number of hydrogen-bond acceptors (Lipinski definition) is 4. The van der Waals surface area contributed by atoms with Crippen LogP contribution in [0, 0.1) is 6.92 Å². The number of halogens is 2. The first-order chi connectivity index (χ1) is 8.51. The zero-order valence-corrected chi connectivity index (χ0v) is 14.5. The zero-order valence-electron chi connectivity index (χ0n) is 12.1. The number of piperidine rings is 1. The largest absolute Gasteiger partial charge is 0.346 e. The number of carbonyl (C=O) groups is 1. The van der Waals surface area contributed by atoms with E-state index < -0.39 is 5.54 Å². The van der Waals surface area contributed by atoms with Gasteiger partial charge in [0.1, 0.15) is 5.01 Å². The molecule has 0 bridgehead atoms. The number of thiazole rings is 1. The van der Waals surface area contributed by atoms with Crippen molar-refractivity contribution >= 4 is 42.1 Å². The van der Waals surface area contributed by atoms with E-state index in [1.165, 1.54) is 4.88 Å². The number of carbonyl (C=O) groups excluding carboxylic acids is 1. The number of aryl methyl sites for hydroxylation is 1. The van der Waals surface area contributed by atoms with Crippen molar-refractivity contribution in [1.29, 1.82) is 0 Å². The molecule has 0 saturated carbocycles. The van der Waals surface area contributed by atoms with Gasteiger partial charge in [0.25, 0.3) is 0 Å². The van der Waals surface area contributed by atoms with Gasteiger partial charge in [-0.2, -0.15) is 0 Å². The summed E-state index contributed by atoms with van der Waals surface area (Å²) in [6.45, 7) is 6.93. The van der Waals surface area contributed by atoms with Crippen molar-refractivity contribution in [1.82, 2.24) is 15.6 Å². The van der Waals surface area contributed by atoms with Gasteiger partial charge in [0.2, 0.25) is 5.91 Å². The second-order valence-corrected chi connectivity index (χ2v) is 6.49. The van der Waals surface area contributed by atoms with E-state index in [1.54, 1.807) is 11.3 Å². The van der Waals surface area contributed by atoms with Crippen molar-refractivity contribution in [2.75, 3.05) is 6.54 Å². The molecule has 0 radical (unpaired) electrons. The molecule has 2 heterocycles. The maximum absolute atomic E-state index is 12.3. The average molecular weight is 340 g/mol. The quantitative estimate of drug-likeness (QED) is 0.889. The first kappa shape index (κ1) is 19.6. The Morgan fingerprint density at radius 2 is 2.20 bits per heavy atom. The van der Waals surface area contributed by atoms with E-state index >= 15 is 0 Å². The van der Waals surface area contributed by atoms with Gasteiger partial charge >= 0.3 is 0 Å². The lowest BCUT2D eigenvalue weighted by Crippen LogP contribution is -2.57. The van der Waals surface area contributed by atoms with E-state index in [4.69, 9.17) is 0 Å². The van der Waals surface area contributed by atoms with Gasteiger partial charge in [0, 0.05) is 11.1 Å². The molecule has 116 valence electrons. The van der Waals surface area contributed by atoms with E-state index in [1.807, 2.05) is 27.0 Å². The SMILES string of the molecule is Cc1cnc(C(C)NC(=O)C2(C)CCCCN2)s1.Cl.Cl. The molecule has 1 aromatic heterocycles. The van der Waals surface area contributed by atoms with E-state index in [-0.39, 0.29) is 36.8 Å². The Morgan fingerprint density at radius 1 is 1.50 bits per heavy atom. The molecule has 0 aromatic carbocycles. The monoisotopic (exact) mass is 339 g/mol. The minimum absolute atomic E-state index is 0. The highest BCUT2D eigenvalue weighted by Crippen LogP contribution is 2.22. The number of nitrogens with zero attached hydrogens (tertiary/aromatic N) is 1. The van der Waals surface area contributed by atoms with E-state index in [0.717, 1.165) is 30.8 Å². The van der Waals surface area contributed by atoms with Crippen LogP contribution in [0.3, 0.4) is 0 Å². The molecule has 0 aliphatic carbocycles. The normalized spacial score (nSPS) is 23.1. The first-order valence-electron chi connectivity index (χ1n) is 6.49. The van der Waals surface area contributed by atoms with Crippen LogP contribution in [-0.2, 0) is 4.79 Å². The molecular formula is C13H23Cl2N3OS. The molecule has 1 aliphatic rings. The lowest BCUT2D eigenvalue weighted by molar-refractivity contribution is -0.128. The highest BCUT2D eigenvalue weighted by atomic mass is 35.5. The summed E-state index contributed by atoms with van der Waals surface area (Å²) in [7, 11) is 0. The van der Waals surface area contributed by atoms with Crippen LogP contribution in [0.15, 0.2) is 6.20 Å². The predicted molar refractivity (Wildman–Crippen MR) is 88.2 cm³/mol. The van der Waals surface area contributed by atoms with Crippen LogP contribution >= 0.6 is 36.2 Å². The van der Waals surface area contributed by atoms with Crippen LogP contribution in [0.2, 0.25) is 0 Å². The zero-order chi connectivity index (χ0) is 13.2. The Bertz CT molecular complexity index is 433. The molecule has 0 spiro atoms. The lowest BCUT2D eigenvalue weighted by Gasteiger charge is -2.34. The topological polar surface area (TPSA) is 54.0 Å². The van der Waals surface area contributed by atoms with Crippen molar-refractivity contribution in [3.63, 3.8) is 0 Å².